The summed E-state index contributed by atoms with van der Waals surface area (Å²) in [6.07, 6.45) is -0.320. The van der Waals surface area contributed by atoms with Gasteiger partial charge in [0, 0.05) is 6.54 Å². The lowest BCUT2D eigenvalue weighted by atomic mass is 10.2. The molecule has 0 saturated carbocycles. The van der Waals surface area contributed by atoms with Crippen molar-refractivity contribution < 1.29 is 31.9 Å². The molecule has 0 bridgehead atoms. The fraction of sp³-hybridized carbons (Fsp3) is 0.529. The van der Waals surface area contributed by atoms with E-state index in [0.717, 1.165) is 25.3 Å². The molecule has 0 heterocycles. The molecular weight excluding hydrogens is 415 g/mol. The minimum atomic E-state index is -4.20. The van der Waals surface area contributed by atoms with Crippen molar-refractivity contribution in [3.05, 3.63) is 29.0 Å². The smallest absolute Gasteiger partial charge is 0.407 e. The fourth-order valence-corrected chi connectivity index (χ4v) is 3.87. The van der Waals surface area contributed by atoms with E-state index >= 15 is 0 Å². The maximum absolute atomic E-state index is 13.1. The molecule has 28 heavy (non-hydrogen) atoms. The molecule has 1 aromatic rings. The first-order valence-electron chi connectivity index (χ1n) is 8.38. The van der Waals surface area contributed by atoms with Crippen LogP contribution >= 0.6 is 11.6 Å². The van der Waals surface area contributed by atoms with Crippen molar-refractivity contribution in [2.75, 3.05) is 13.7 Å². The number of sulfonamides is 1. The van der Waals surface area contributed by atoms with E-state index < -0.39 is 39.5 Å². The van der Waals surface area contributed by atoms with Gasteiger partial charge in [-0.15, -0.1) is 0 Å². The number of hydrogen-bond donors (Lipinski definition) is 2. The minimum absolute atomic E-state index is 0.0422. The molecule has 1 atom stereocenters. The number of esters is 1. The van der Waals surface area contributed by atoms with Gasteiger partial charge >= 0.3 is 12.1 Å². The zero-order valence-corrected chi connectivity index (χ0v) is 17.6. The number of ether oxygens (including phenoxy) is 2. The van der Waals surface area contributed by atoms with E-state index in [1.807, 2.05) is 0 Å². The van der Waals surface area contributed by atoms with Crippen molar-refractivity contribution in [1.82, 2.24) is 10.0 Å². The highest BCUT2D eigenvalue weighted by atomic mass is 35.5. The van der Waals surface area contributed by atoms with Crippen LogP contribution in [0, 0.1) is 5.82 Å². The summed E-state index contributed by atoms with van der Waals surface area (Å²) in [5.74, 6) is -1.50. The van der Waals surface area contributed by atoms with Gasteiger partial charge in [-0.1, -0.05) is 11.6 Å². The van der Waals surface area contributed by atoms with Crippen LogP contribution in [0.3, 0.4) is 0 Å². The van der Waals surface area contributed by atoms with Gasteiger partial charge in [-0.3, -0.25) is 4.79 Å². The van der Waals surface area contributed by atoms with Crippen molar-refractivity contribution >= 4 is 33.7 Å². The van der Waals surface area contributed by atoms with Gasteiger partial charge in [0.15, 0.2) is 0 Å². The lowest BCUT2D eigenvalue weighted by molar-refractivity contribution is -0.142. The number of halogens is 2. The van der Waals surface area contributed by atoms with E-state index in [1.165, 1.54) is 0 Å². The van der Waals surface area contributed by atoms with Crippen LogP contribution in [0.15, 0.2) is 23.1 Å². The summed E-state index contributed by atoms with van der Waals surface area (Å²) >= 11 is 5.79. The zero-order chi connectivity index (χ0) is 21.5. The van der Waals surface area contributed by atoms with Gasteiger partial charge in [0.2, 0.25) is 10.0 Å². The second kappa shape index (κ2) is 10.0. The molecule has 0 aliphatic heterocycles. The minimum Gasteiger partial charge on any atom is -0.468 e. The molecule has 0 spiro atoms. The van der Waals surface area contributed by atoms with Crippen molar-refractivity contribution in [3.8, 4) is 0 Å². The highest BCUT2D eigenvalue weighted by Crippen LogP contribution is 2.22. The molecule has 8 nitrogen and oxygen atoms in total. The molecule has 158 valence electrons. The third-order valence-electron chi connectivity index (χ3n) is 3.30. The summed E-state index contributed by atoms with van der Waals surface area (Å²) in [6, 6.07) is 1.58. The number of hydrogen-bond acceptors (Lipinski definition) is 6. The van der Waals surface area contributed by atoms with Gasteiger partial charge in [-0.05, 0) is 51.8 Å². The lowest BCUT2D eigenvalue weighted by Gasteiger charge is -2.20. The summed E-state index contributed by atoms with van der Waals surface area (Å²) in [6.45, 7) is 5.31. The normalized spacial score (nSPS) is 12.9. The number of amides is 1. The molecule has 1 aromatic carbocycles. The maximum atomic E-state index is 13.1. The summed E-state index contributed by atoms with van der Waals surface area (Å²) in [4.78, 5) is 23.1. The predicted molar refractivity (Wildman–Crippen MR) is 101 cm³/mol. The van der Waals surface area contributed by atoms with Crippen molar-refractivity contribution in [2.45, 2.75) is 50.2 Å². The van der Waals surface area contributed by atoms with Gasteiger partial charge in [-0.25, -0.2) is 17.6 Å². The van der Waals surface area contributed by atoms with Gasteiger partial charge in [0.1, 0.15) is 22.4 Å². The Balaban J connectivity index is 2.73. The number of benzene rings is 1. The van der Waals surface area contributed by atoms with Crippen molar-refractivity contribution in [2.24, 2.45) is 0 Å². The van der Waals surface area contributed by atoms with Crippen LogP contribution in [0.25, 0.3) is 0 Å². The number of carbonyl (C=O) groups is 2. The monoisotopic (exact) mass is 438 g/mol. The Morgan fingerprint density at radius 2 is 1.93 bits per heavy atom. The molecule has 1 rings (SSSR count). The molecular formula is C17H24ClFN2O6S. The number of carbonyl (C=O) groups excluding carboxylic acids is 2. The van der Waals surface area contributed by atoms with E-state index in [1.54, 1.807) is 20.8 Å². The third-order valence-corrected chi connectivity index (χ3v) is 5.26. The number of methoxy groups -OCH3 is 1. The Morgan fingerprint density at radius 3 is 2.46 bits per heavy atom. The number of alkyl carbamates (subject to hydrolysis) is 1. The Bertz CT molecular complexity index is 810. The van der Waals surface area contributed by atoms with Crippen LogP contribution in [0.4, 0.5) is 9.18 Å². The van der Waals surface area contributed by atoms with Gasteiger partial charge in [-0.2, -0.15) is 4.72 Å². The van der Waals surface area contributed by atoms with E-state index in [4.69, 9.17) is 16.3 Å². The maximum Gasteiger partial charge on any atom is 0.407 e. The Hall–Kier alpha value is -1.91. The molecule has 0 fully saturated rings. The molecule has 11 heteroatoms. The molecule has 0 aliphatic carbocycles. The molecule has 1 amide bonds. The van der Waals surface area contributed by atoms with Gasteiger partial charge < -0.3 is 14.8 Å². The first-order valence-corrected chi connectivity index (χ1v) is 10.2. The predicted octanol–water partition coefficient (Wildman–Crippen LogP) is 2.60. The molecule has 0 aromatic heterocycles. The van der Waals surface area contributed by atoms with Crippen molar-refractivity contribution in [3.63, 3.8) is 0 Å². The standard InChI is InChI=1S/C17H24ClFN2O6S/c1-17(2,3)27-16(23)20-9-5-6-13(15(22)26-4)21-28(24,25)14-8-7-11(19)10-12(14)18/h7-8,10,13,21H,5-6,9H2,1-4H3,(H,20,23)/t13-/m1/s1. The summed E-state index contributed by atoms with van der Waals surface area (Å²) in [7, 11) is -3.08. The summed E-state index contributed by atoms with van der Waals surface area (Å²) in [5.41, 5.74) is -0.650. The Morgan fingerprint density at radius 1 is 1.29 bits per heavy atom. The lowest BCUT2D eigenvalue weighted by Crippen LogP contribution is -2.42. The first-order chi connectivity index (χ1) is 12.9. The highest BCUT2D eigenvalue weighted by Gasteiger charge is 2.28. The van der Waals surface area contributed by atoms with E-state index in [0.29, 0.717) is 0 Å². The van der Waals surface area contributed by atoms with E-state index in [-0.39, 0.29) is 29.3 Å². The summed E-state index contributed by atoms with van der Waals surface area (Å²) < 4.78 is 50.0. The quantitative estimate of drug-likeness (QED) is 0.476. The number of nitrogens with one attached hydrogen (secondary N) is 2. The molecule has 2 N–H and O–H groups in total. The van der Waals surface area contributed by atoms with Crippen LogP contribution < -0.4 is 10.0 Å². The topological polar surface area (TPSA) is 111 Å². The SMILES string of the molecule is COC(=O)[C@@H](CCCNC(=O)OC(C)(C)C)NS(=O)(=O)c1ccc(F)cc1Cl. The average molecular weight is 439 g/mol. The largest absolute Gasteiger partial charge is 0.468 e. The van der Waals surface area contributed by atoms with E-state index in [9.17, 15) is 22.4 Å². The van der Waals surface area contributed by atoms with Gasteiger partial charge in [0.05, 0.1) is 12.1 Å². The van der Waals surface area contributed by atoms with Crippen LogP contribution in [0.1, 0.15) is 33.6 Å². The van der Waals surface area contributed by atoms with E-state index in [2.05, 4.69) is 14.8 Å². The van der Waals surface area contributed by atoms with Crippen LogP contribution in [-0.4, -0.2) is 45.8 Å². The third kappa shape index (κ3) is 7.99. The Labute approximate surface area is 168 Å². The molecule has 0 aliphatic rings. The molecule has 0 radical (unpaired) electrons. The van der Waals surface area contributed by atoms with Crippen molar-refractivity contribution in [1.29, 1.82) is 0 Å². The Kier molecular flexibility index (Phi) is 8.65. The first kappa shape index (κ1) is 24.1. The average Bonchev–Trinajstić information content (AvgIpc) is 2.54. The zero-order valence-electron chi connectivity index (χ0n) is 16.0. The number of rotatable bonds is 8. The van der Waals surface area contributed by atoms with Gasteiger partial charge in [0.25, 0.3) is 0 Å². The molecule has 0 unspecified atom stereocenters. The summed E-state index contributed by atoms with van der Waals surface area (Å²) in [5, 5.41) is 2.19. The van der Waals surface area contributed by atoms with Crippen LogP contribution in [-0.2, 0) is 24.3 Å². The highest BCUT2D eigenvalue weighted by molar-refractivity contribution is 7.89. The second-order valence-corrected chi connectivity index (χ2v) is 8.93. The fourth-order valence-electron chi connectivity index (χ4n) is 2.12. The molecule has 0 saturated heterocycles. The second-order valence-electron chi connectivity index (χ2n) is 6.84. The van der Waals surface area contributed by atoms with Crippen LogP contribution in [0.2, 0.25) is 5.02 Å². The van der Waals surface area contributed by atoms with Crippen LogP contribution in [0.5, 0.6) is 0 Å².